The van der Waals surface area contributed by atoms with Crippen molar-refractivity contribution in [1.82, 2.24) is 24.1 Å². The first-order valence-electron chi connectivity index (χ1n) is 10.6. The fourth-order valence-corrected chi connectivity index (χ4v) is 4.86. The monoisotopic (exact) mass is 427 g/mol. The van der Waals surface area contributed by atoms with Gasteiger partial charge in [-0.1, -0.05) is 0 Å². The van der Waals surface area contributed by atoms with Gasteiger partial charge in [-0.15, -0.1) is 0 Å². The Hall–Kier alpha value is -1.75. The lowest BCUT2D eigenvalue weighted by Gasteiger charge is -2.53. The van der Waals surface area contributed by atoms with Gasteiger partial charge < -0.3 is 15.3 Å². The van der Waals surface area contributed by atoms with E-state index in [0.717, 1.165) is 26.5 Å². The summed E-state index contributed by atoms with van der Waals surface area (Å²) in [5.41, 5.74) is -2.38. The van der Waals surface area contributed by atoms with Crippen molar-refractivity contribution in [2.75, 3.05) is 13.7 Å². The van der Waals surface area contributed by atoms with Gasteiger partial charge in [0.1, 0.15) is 0 Å². The summed E-state index contributed by atoms with van der Waals surface area (Å²) in [5, 5.41) is 15.9. The molecule has 0 aromatic carbocycles. The van der Waals surface area contributed by atoms with Gasteiger partial charge in [0.15, 0.2) is 0 Å². The summed E-state index contributed by atoms with van der Waals surface area (Å²) >= 11 is 0. The number of aromatic nitrogens is 3. The fraction of sp³-hybridized carbons (Fsp3) is 0.850. The highest BCUT2D eigenvalue weighted by Crippen LogP contribution is 2.38. The second-order valence-electron chi connectivity index (χ2n) is 9.22. The highest BCUT2D eigenvalue weighted by molar-refractivity contribution is 4.99. The maximum absolute atomic E-state index is 12.6. The van der Waals surface area contributed by atoms with Crippen LogP contribution in [0.4, 0.5) is 0 Å². The van der Waals surface area contributed by atoms with E-state index >= 15 is 0 Å². The maximum Gasteiger partial charge on any atom is 0.336 e. The van der Waals surface area contributed by atoms with Crippen molar-refractivity contribution in [1.29, 1.82) is 0 Å². The average Bonchev–Trinajstić information content (AvgIpc) is 2.62. The molecule has 172 valence electrons. The number of aliphatic hydroxyl groups is 1. The van der Waals surface area contributed by atoms with Crippen LogP contribution in [0.5, 0.6) is 0 Å². The third kappa shape index (κ3) is 4.77. The van der Waals surface area contributed by atoms with Crippen molar-refractivity contribution in [3.05, 3.63) is 31.5 Å². The van der Waals surface area contributed by atoms with Gasteiger partial charge in [-0.05, 0) is 54.4 Å². The van der Waals surface area contributed by atoms with Crippen molar-refractivity contribution in [3.63, 3.8) is 0 Å². The molecule has 2 heterocycles. The van der Waals surface area contributed by atoms with Gasteiger partial charge in [-0.2, -0.15) is 5.06 Å². The van der Waals surface area contributed by atoms with Gasteiger partial charge in [0.2, 0.25) is 0 Å². The molecule has 10 heteroatoms. The van der Waals surface area contributed by atoms with Gasteiger partial charge in [0.25, 0.3) is 0 Å². The van der Waals surface area contributed by atoms with Crippen LogP contribution in [-0.4, -0.2) is 60.7 Å². The lowest BCUT2D eigenvalue weighted by Crippen LogP contribution is -2.63. The highest BCUT2D eigenvalue weighted by atomic mass is 16.7. The van der Waals surface area contributed by atoms with Crippen molar-refractivity contribution < 1.29 is 9.94 Å². The minimum absolute atomic E-state index is 0.143. The van der Waals surface area contributed by atoms with Crippen LogP contribution in [0.1, 0.15) is 54.4 Å². The summed E-state index contributed by atoms with van der Waals surface area (Å²) < 4.78 is 2.97. The molecule has 10 nitrogen and oxygen atoms in total. The Morgan fingerprint density at radius 1 is 0.967 bits per heavy atom. The van der Waals surface area contributed by atoms with Crippen LogP contribution in [0.25, 0.3) is 0 Å². The number of rotatable bonds is 8. The number of hydrogen-bond acceptors (Lipinski definition) is 7. The summed E-state index contributed by atoms with van der Waals surface area (Å²) in [6.45, 7) is 12.2. The molecule has 0 saturated carbocycles. The first-order valence-corrected chi connectivity index (χ1v) is 10.6. The number of piperidine rings is 1. The van der Waals surface area contributed by atoms with E-state index < -0.39 is 23.2 Å². The fourth-order valence-electron chi connectivity index (χ4n) is 4.86. The van der Waals surface area contributed by atoms with Crippen molar-refractivity contribution in [3.8, 4) is 0 Å². The second kappa shape index (κ2) is 9.17. The van der Waals surface area contributed by atoms with Crippen molar-refractivity contribution in [2.24, 2.45) is 0 Å². The van der Waals surface area contributed by atoms with Crippen molar-refractivity contribution >= 4 is 0 Å². The normalized spacial score (nSPS) is 20.4. The van der Waals surface area contributed by atoms with Crippen LogP contribution in [0, 0.1) is 0 Å². The maximum atomic E-state index is 12.6. The van der Waals surface area contributed by atoms with Gasteiger partial charge in [-0.25, -0.2) is 28.1 Å². The van der Waals surface area contributed by atoms with Gasteiger partial charge >= 0.3 is 17.1 Å². The Balaban J connectivity index is 2.14. The van der Waals surface area contributed by atoms with E-state index in [4.69, 9.17) is 4.84 Å². The predicted octanol–water partition coefficient (Wildman–Crippen LogP) is -0.255. The zero-order valence-corrected chi connectivity index (χ0v) is 19.3. The van der Waals surface area contributed by atoms with Crippen LogP contribution >= 0.6 is 0 Å². The Bertz CT molecular complexity index is 853. The lowest BCUT2D eigenvalue weighted by atomic mass is 9.79. The molecule has 1 saturated heterocycles. The van der Waals surface area contributed by atoms with E-state index in [1.54, 1.807) is 21.0 Å². The van der Waals surface area contributed by atoms with E-state index in [0.29, 0.717) is 0 Å². The third-order valence-corrected chi connectivity index (χ3v) is 5.83. The molecule has 1 aliphatic rings. The Labute approximate surface area is 177 Å². The molecule has 1 unspecified atom stereocenters. The van der Waals surface area contributed by atoms with Crippen LogP contribution < -0.4 is 22.4 Å². The van der Waals surface area contributed by atoms with Crippen LogP contribution in [0.2, 0.25) is 0 Å². The molecule has 2 N–H and O–H groups in total. The molecule has 0 aliphatic carbocycles. The Morgan fingerprint density at radius 3 is 1.80 bits per heavy atom. The Morgan fingerprint density at radius 2 is 1.40 bits per heavy atom. The van der Waals surface area contributed by atoms with Gasteiger partial charge in [0, 0.05) is 36.8 Å². The zero-order chi connectivity index (χ0) is 22.9. The minimum atomic E-state index is -0.949. The molecule has 0 radical (unpaired) electrons. The second-order valence-corrected chi connectivity index (χ2v) is 9.22. The molecular weight excluding hydrogens is 390 g/mol. The minimum Gasteiger partial charge on any atom is -0.390 e. The smallest absolute Gasteiger partial charge is 0.336 e. The summed E-state index contributed by atoms with van der Waals surface area (Å²) in [7, 11) is 1.68. The van der Waals surface area contributed by atoms with Crippen molar-refractivity contribution in [2.45, 2.75) is 97.2 Å². The number of hydroxylamine groups is 2. The van der Waals surface area contributed by atoms with Crippen LogP contribution in [0.3, 0.4) is 0 Å². The first kappa shape index (κ1) is 24.5. The molecule has 0 bridgehead atoms. The number of nitrogens with one attached hydrogen (secondary N) is 1. The molecule has 1 fully saturated rings. The zero-order valence-electron chi connectivity index (χ0n) is 19.3. The SMILES string of the molecule is CCn1c(=O)n(CC)c(=O)n(CC(O)CNC2CC(C)(C)N(OC)C(C)(C)C2)c1=O. The highest BCUT2D eigenvalue weighted by Gasteiger charge is 2.46. The largest absolute Gasteiger partial charge is 0.390 e. The molecule has 1 aromatic heterocycles. The molecule has 30 heavy (non-hydrogen) atoms. The number of aliphatic hydroxyl groups excluding tert-OH is 1. The summed E-state index contributed by atoms with van der Waals surface area (Å²) in [6.07, 6.45) is 0.691. The van der Waals surface area contributed by atoms with Gasteiger partial charge in [0.05, 0.1) is 19.8 Å². The number of hydrogen-bond donors (Lipinski definition) is 2. The van der Waals surface area contributed by atoms with Crippen LogP contribution in [0.15, 0.2) is 14.4 Å². The topological polar surface area (TPSA) is 111 Å². The molecule has 2 rings (SSSR count). The quantitative estimate of drug-likeness (QED) is 0.588. The summed E-state index contributed by atoms with van der Waals surface area (Å²) in [6, 6.07) is 0.143. The first-order chi connectivity index (χ1) is 13.9. The lowest BCUT2D eigenvalue weighted by molar-refractivity contribution is -0.267. The molecule has 0 spiro atoms. The standard InChI is InChI=1S/C20H37N5O5/c1-8-22-16(27)23(9-2)18(29)24(17(22)28)13-15(26)12-21-14-10-19(3,4)25(30-7)20(5,6)11-14/h14-15,21,26H,8-13H2,1-7H3. The average molecular weight is 428 g/mol. The summed E-state index contributed by atoms with van der Waals surface area (Å²) in [4.78, 5) is 43.0. The molecule has 1 atom stereocenters. The predicted molar refractivity (Wildman–Crippen MR) is 115 cm³/mol. The van der Waals surface area contributed by atoms with E-state index in [2.05, 4.69) is 33.0 Å². The van der Waals surface area contributed by atoms with Crippen LogP contribution in [-0.2, 0) is 24.5 Å². The molecule has 1 aromatic rings. The number of nitrogens with zero attached hydrogens (tertiary/aromatic N) is 4. The summed E-state index contributed by atoms with van der Waals surface area (Å²) in [5.74, 6) is 0. The Kier molecular flexibility index (Phi) is 7.49. The molecular formula is C20H37N5O5. The van der Waals surface area contributed by atoms with E-state index in [1.807, 2.05) is 5.06 Å². The van der Waals surface area contributed by atoms with E-state index in [9.17, 15) is 19.5 Å². The molecule has 0 amide bonds. The third-order valence-electron chi connectivity index (χ3n) is 5.83. The molecule has 1 aliphatic heterocycles. The van der Waals surface area contributed by atoms with Gasteiger partial charge in [-0.3, -0.25) is 0 Å². The van der Waals surface area contributed by atoms with E-state index in [1.165, 1.54) is 0 Å². The van der Waals surface area contributed by atoms with E-state index in [-0.39, 0.29) is 43.3 Å².